The fourth-order valence-corrected chi connectivity index (χ4v) is 4.65. The third kappa shape index (κ3) is 4.95. The van der Waals surface area contributed by atoms with E-state index < -0.39 is 6.03 Å². The fourth-order valence-electron chi connectivity index (χ4n) is 2.96. The molecule has 0 fully saturated rings. The van der Waals surface area contributed by atoms with E-state index in [0.717, 1.165) is 46.2 Å². The summed E-state index contributed by atoms with van der Waals surface area (Å²) in [6, 6.07) is 7.06. The molecule has 0 saturated carbocycles. The van der Waals surface area contributed by atoms with Gasteiger partial charge in [-0.25, -0.2) is 15.0 Å². The van der Waals surface area contributed by atoms with Gasteiger partial charge >= 0.3 is 12.0 Å². The first-order valence-corrected chi connectivity index (χ1v) is 10.4. The summed E-state index contributed by atoms with van der Waals surface area (Å²) in [6.45, 7) is 2.07. The number of aryl methyl sites for hydroxylation is 1. The van der Waals surface area contributed by atoms with Crippen LogP contribution in [0.4, 0.5) is 9.80 Å². The summed E-state index contributed by atoms with van der Waals surface area (Å²) in [5, 5.41) is 7.23. The van der Waals surface area contributed by atoms with Gasteiger partial charge in [0.1, 0.15) is 5.00 Å². The van der Waals surface area contributed by atoms with Crippen LogP contribution in [0.3, 0.4) is 0 Å². The molecule has 6 nitrogen and oxygen atoms in total. The molecule has 0 saturated heterocycles. The van der Waals surface area contributed by atoms with E-state index in [4.69, 9.17) is 4.74 Å². The first kappa shape index (κ1) is 19.6. The molecule has 27 heavy (non-hydrogen) atoms. The Morgan fingerprint density at radius 2 is 2.15 bits per heavy atom. The van der Waals surface area contributed by atoms with E-state index in [9.17, 15) is 9.59 Å². The van der Waals surface area contributed by atoms with Gasteiger partial charge < -0.3 is 4.74 Å². The van der Waals surface area contributed by atoms with Crippen LogP contribution < -0.4 is 10.7 Å². The van der Waals surface area contributed by atoms with Crippen molar-refractivity contribution < 1.29 is 14.3 Å². The second kappa shape index (κ2) is 9.14. The van der Waals surface area contributed by atoms with E-state index in [1.807, 2.05) is 24.3 Å². The third-order valence-corrected chi connectivity index (χ3v) is 5.81. The molecule has 0 spiro atoms. The highest BCUT2D eigenvalue weighted by Gasteiger charge is 2.27. The Balaban J connectivity index is 1.71. The summed E-state index contributed by atoms with van der Waals surface area (Å²) in [5.41, 5.74) is 4.79. The number of carbonyl (C=O) groups excluding carboxylic acids is 2. The number of fused-ring (bicyclic) bond motifs is 1. The summed E-state index contributed by atoms with van der Waals surface area (Å²) in [7, 11) is 0. The van der Waals surface area contributed by atoms with Crippen LogP contribution in [-0.2, 0) is 17.6 Å². The van der Waals surface area contributed by atoms with E-state index in [0.29, 0.717) is 17.2 Å². The van der Waals surface area contributed by atoms with Gasteiger partial charge in [0.15, 0.2) is 0 Å². The highest BCUT2D eigenvalue weighted by atomic mass is 79.9. The van der Waals surface area contributed by atoms with Crippen molar-refractivity contribution in [3.05, 3.63) is 50.3 Å². The third-order valence-electron chi connectivity index (χ3n) is 4.11. The van der Waals surface area contributed by atoms with Gasteiger partial charge in [-0.2, -0.15) is 5.10 Å². The molecule has 1 aliphatic rings. The average Bonchev–Trinajstić information content (AvgIpc) is 2.99. The lowest BCUT2D eigenvalue weighted by molar-refractivity contribution is 0.0526. The zero-order valence-electron chi connectivity index (χ0n) is 14.9. The van der Waals surface area contributed by atoms with Gasteiger partial charge in [-0.1, -0.05) is 28.1 Å². The van der Waals surface area contributed by atoms with Crippen molar-refractivity contribution in [1.29, 1.82) is 0 Å². The second-order valence-electron chi connectivity index (χ2n) is 6.01. The number of nitrogens with one attached hydrogen (secondary N) is 2. The predicted octanol–water partition coefficient (Wildman–Crippen LogP) is 4.72. The van der Waals surface area contributed by atoms with Crippen molar-refractivity contribution in [3.8, 4) is 0 Å². The van der Waals surface area contributed by atoms with Gasteiger partial charge in [-0.05, 0) is 55.9 Å². The molecular weight excluding hydrogens is 430 g/mol. The van der Waals surface area contributed by atoms with Crippen molar-refractivity contribution in [2.24, 2.45) is 5.10 Å². The number of urea groups is 1. The highest BCUT2D eigenvalue weighted by Crippen LogP contribution is 2.38. The molecule has 1 heterocycles. The molecular formula is C19H20BrN3O3S. The van der Waals surface area contributed by atoms with Crippen LogP contribution in [0.15, 0.2) is 33.8 Å². The van der Waals surface area contributed by atoms with Crippen LogP contribution in [0.5, 0.6) is 0 Å². The maximum atomic E-state index is 12.4. The minimum atomic E-state index is -0.495. The molecule has 0 aliphatic heterocycles. The molecule has 1 aromatic heterocycles. The molecule has 1 aromatic carbocycles. The van der Waals surface area contributed by atoms with Crippen molar-refractivity contribution in [3.63, 3.8) is 0 Å². The number of hydrazone groups is 1. The quantitative estimate of drug-likeness (QED) is 0.393. The van der Waals surface area contributed by atoms with Gasteiger partial charge in [-0.3, -0.25) is 5.32 Å². The van der Waals surface area contributed by atoms with Gasteiger partial charge in [-0.15, -0.1) is 11.3 Å². The van der Waals surface area contributed by atoms with Crippen molar-refractivity contribution in [2.45, 2.75) is 32.6 Å². The zero-order chi connectivity index (χ0) is 19.2. The maximum Gasteiger partial charge on any atom is 0.341 e. The number of thiophene rings is 1. The smallest absolute Gasteiger partial charge is 0.341 e. The molecule has 2 amide bonds. The van der Waals surface area contributed by atoms with Crippen LogP contribution in [0.1, 0.15) is 46.1 Å². The standard InChI is InChI=1S/C19H20BrN3O3S/c1-2-26-18(24)16-14-8-3-4-9-15(14)27-17(16)22-19(25)23-21-11-12-6-5-7-13(20)10-12/h5-7,10-11H,2-4,8-9H2,1H3,(H2,22,23,25)/b21-11-. The summed E-state index contributed by atoms with van der Waals surface area (Å²) in [5.74, 6) is -0.384. The Labute approximate surface area is 170 Å². The monoisotopic (exact) mass is 449 g/mol. The van der Waals surface area contributed by atoms with Gasteiger partial charge in [0.2, 0.25) is 0 Å². The van der Waals surface area contributed by atoms with Crippen LogP contribution >= 0.6 is 27.3 Å². The van der Waals surface area contributed by atoms with Crippen molar-refractivity contribution in [1.82, 2.24) is 5.43 Å². The average molecular weight is 450 g/mol. The number of hydrogen-bond acceptors (Lipinski definition) is 5. The minimum Gasteiger partial charge on any atom is -0.462 e. The second-order valence-corrected chi connectivity index (χ2v) is 8.04. The molecule has 2 aromatic rings. The van der Waals surface area contributed by atoms with Crippen molar-refractivity contribution in [2.75, 3.05) is 11.9 Å². The Morgan fingerprint density at radius 3 is 2.93 bits per heavy atom. The van der Waals surface area contributed by atoms with Gasteiger partial charge in [0.25, 0.3) is 0 Å². The molecule has 0 radical (unpaired) electrons. The molecule has 0 atom stereocenters. The summed E-state index contributed by atoms with van der Waals surface area (Å²) >= 11 is 4.83. The normalized spacial score (nSPS) is 13.3. The lowest BCUT2D eigenvalue weighted by atomic mass is 9.95. The van der Waals surface area contributed by atoms with Crippen LogP contribution in [-0.4, -0.2) is 24.8 Å². The first-order valence-electron chi connectivity index (χ1n) is 8.75. The Hall–Kier alpha value is -2.19. The number of amides is 2. The number of rotatable bonds is 5. The topological polar surface area (TPSA) is 79.8 Å². The predicted molar refractivity (Wildman–Crippen MR) is 111 cm³/mol. The molecule has 0 bridgehead atoms. The molecule has 2 N–H and O–H groups in total. The molecule has 142 valence electrons. The number of anilines is 1. The lowest BCUT2D eigenvalue weighted by Crippen LogP contribution is -2.25. The summed E-state index contributed by atoms with van der Waals surface area (Å²) < 4.78 is 6.12. The van der Waals surface area contributed by atoms with Crippen molar-refractivity contribution >= 4 is 50.5 Å². The van der Waals surface area contributed by atoms with E-state index in [1.54, 1.807) is 13.1 Å². The number of hydrogen-bond donors (Lipinski definition) is 2. The minimum absolute atomic E-state index is 0.298. The largest absolute Gasteiger partial charge is 0.462 e. The Kier molecular flexibility index (Phi) is 6.63. The first-order chi connectivity index (χ1) is 13.1. The van der Waals surface area contributed by atoms with E-state index in [1.165, 1.54) is 11.3 Å². The van der Waals surface area contributed by atoms with E-state index in [-0.39, 0.29) is 5.97 Å². The maximum absolute atomic E-state index is 12.4. The molecule has 3 rings (SSSR count). The number of ether oxygens (including phenoxy) is 1. The van der Waals surface area contributed by atoms with Crippen LogP contribution in [0.25, 0.3) is 0 Å². The summed E-state index contributed by atoms with van der Waals surface area (Å²) in [4.78, 5) is 25.8. The highest BCUT2D eigenvalue weighted by molar-refractivity contribution is 9.10. The Morgan fingerprint density at radius 1 is 1.33 bits per heavy atom. The lowest BCUT2D eigenvalue weighted by Gasteiger charge is -2.12. The number of carbonyl (C=O) groups is 2. The number of nitrogens with zero attached hydrogens (tertiary/aromatic N) is 1. The number of benzene rings is 1. The van der Waals surface area contributed by atoms with Gasteiger partial charge in [0, 0.05) is 9.35 Å². The summed E-state index contributed by atoms with van der Waals surface area (Å²) in [6.07, 6.45) is 5.45. The Bertz CT molecular complexity index is 879. The van der Waals surface area contributed by atoms with Crippen LogP contribution in [0.2, 0.25) is 0 Å². The SMILES string of the molecule is CCOC(=O)c1c(NC(=O)N/N=C\c2cccc(Br)c2)sc2c1CCCC2. The van der Waals surface area contributed by atoms with Gasteiger partial charge in [0.05, 0.1) is 18.4 Å². The number of halogens is 1. The zero-order valence-corrected chi connectivity index (χ0v) is 17.3. The molecule has 0 unspecified atom stereocenters. The number of esters is 1. The molecule has 1 aliphatic carbocycles. The fraction of sp³-hybridized carbons (Fsp3) is 0.316. The van der Waals surface area contributed by atoms with E-state index >= 15 is 0 Å². The van der Waals surface area contributed by atoms with E-state index in [2.05, 4.69) is 31.8 Å². The van der Waals surface area contributed by atoms with Crippen LogP contribution in [0, 0.1) is 0 Å². The molecule has 8 heteroatoms.